The number of carbonyl (C=O) groups excluding carboxylic acids is 2. The third kappa shape index (κ3) is 2.81. The van der Waals surface area contributed by atoms with Crippen LogP contribution in [0.2, 0.25) is 10.0 Å². The predicted molar refractivity (Wildman–Crippen MR) is 95.7 cm³/mol. The largest absolute Gasteiger partial charge is 0.456 e. The number of nitrogens with zero attached hydrogens (tertiary/aromatic N) is 1. The van der Waals surface area contributed by atoms with Gasteiger partial charge in [0.05, 0.1) is 11.3 Å². The van der Waals surface area contributed by atoms with E-state index < -0.39 is 0 Å². The lowest BCUT2D eigenvalue weighted by molar-refractivity contribution is -0.136. The Morgan fingerprint density at radius 3 is 2.16 bits per heavy atom. The molecular weight excluding hydrogens is 361 g/mol. The van der Waals surface area contributed by atoms with Gasteiger partial charge in [0.1, 0.15) is 6.61 Å². The average molecular weight is 374 g/mol. The number of hydrogen-bond donors (Lipinski definition) is 0. The Kier molecular flexibility index (Phi) is 4.02. The lowest BCUT2D eigenvalue weighted by Crippen LogP contribution is -2.37. The van der Waals surface area contributed by atoms with Gasteiger partial charge in [-0.25, -0.2) is 4.79 Å². The topological polar surface area (TPSA) is 46.6 Å². The lowest BCUT2D eigenvalue weighted by atomic mass is 9.84. The molecule has 0 spiro atoms. The summed E-state index contributed by atoms with van der Waals surface area (Å²) < 4.78 is 5.24. The summed E-state index contributed by atoms with van der Waals surface area (Å²) in [5.41, 5.74) is 2.69. The molecule has 1 unspecified atom stereocenters. The Morgan fingerprint density at radius 1 is 0.920 bits per heavy atom. The normalized spacial score (nSPS) is 19.9. The molecule has 2 aliphatic rings. The Bertz CT molecular complexity index is 888. The van der Waals surface area contributed by atoms with Crippen LogP contribution in [0.1, 0.15) is 17.9 Å². The zero-order chi connectivity index (χ0) is 17.6. The maximum atomic E-state index is 12.8. The maximum Gasteiger partial charge on any atom is 0.336 e. The number of ether oxygens (including phenoxy) is 1. The van der Waals surface area contributed by atoms with E-state index in [1.807, 2.05) is 12.1 Å². The van der Waals surface area contributed by atoms with Crippen molar-refractivity contribution < 1.29 is 14.3 Å². The fourth-order valence-electron chi connectivity index (χ4n) is 3.32. The minimum absolute atomic E-state index is 0.0840. The Balaban J connectivity index is 1.81. The molecule has 0 aliphatic carbocycles. The van der Waals surface area contributed by atoms with Crippen molar-refractivity contribution in [3.63, 3.8) is 0 Å². The van der Waals surface area contributed by atoms with Crippen molar-refractivity contribution in [3.8, 4) is 0 Å². The van der Waals surface area contributed by atoms with E-state index in [0.29, 0.717) is 27.0 Å². The number of hydrogen-bond acceptors (Lipinski definition) is 3. The van der Waals surface area contributed by atoms with E-state index >= 15 is 0 Å². The van der Waals surface area contributed by atoms with E-state index in [-0.39, 0.29) is 30.8 Å². The first-order valence-corrected chi connectivity index (χ1v) is 8.54. The average Bonchev–Trinajstić information content (AvgIpc) is 2.98. The van der Waals surface area contributed by atoms with Gasteiger partial charge in [0, 0.05) is 28.1 Å². The van der Waals surface area contributed by atoms with Gasteiger partial charge in [-0.05, 0) is 42.0 Å². The van der Waals surface area contributed by atoms with Crippen LogP contribution < -0.4 is 4.90 Å². The molecule has 1 atom stereocenters. The van der Waals surface area contributed by atoms with E-state index in [4.69, 9.17) is 27.9 Å². The molecule has 2 aromatic rings. The predicted octanol–water partition coefficient (Wildman–Crippen LogP) is 4.32. The molecule has 0 N–H and O–H groups in total. The minimum atomic E-state index is -0.374. The van der Waals surface area contributed by atoms with Crippen molar-refractivity contribution in [2.45, 2.75) is 12.3 Å². The van der Waals surface area contributed by atoms with Gasteiger partial charge in [-0.2, -0.15) is 0 Å². The van der Waals surface area contributed by atoms with Crippen LogP contribution >= 0.6 is 23.2 Å². The van der Waals surface area contributed by atoms with Gasteiger partial charge >= 0.3 is 5.97 Å². The van der Waals surface area contributed by atoms with E-state index in [9.17, 15) is 9.59 Å². The second kappa shape index (κ2) is 6.21. The molecule has 4 rings (SSSR count). The molecule has 0 saturated heterocycles. The minimum Gasteiger partial charge on any atom is -0.456 e. The summed E-state index contributed by atoms with van der Waals surface area (Å²) >= 11 is 11.9. The number of anilines is 1. The van der Waals surface area contributed by atoms with Crippen LogP contribution in [0.15, 0.2) is 59.8 Å². The summed E-state index contributed by atoms with van der Waals surface area (Å²) in [5, 5.41) is 1.19. The summed E-state index contributed by atoms with van der Waals surface area (Å²) in [6.07, 6.45) is 0.193. The molecule has 0 saturated carbocycles. The van der Waals surface area contributed by atoms with Gasteiger partial charge in [-0.15, -0.1) is 0 Å². The fraction of sp³-hybridized carbons (Fsp3) is 0.158. The number of halogens is 2. The van der Waals surface area contributed by atoms with Crippen LogP contribution in [-0.4, -0.2) is 18.5 Å². The highest BCUT2D eigenvalue weighted by atomic mass is 35.5. The molecule has 25 heavy (non-hydrogen) atoms. The molecule has 0 fully saturated rings. The first-order chi connectivity index (χ1) is 12.0. The van der Waals surface area contributed by atoms with Crippen LogP contribution in [0.25, 0.3) is 0 Å². The standard InChI is InChI=1S/C19H13Cl2NO3/c20-12-3-1-11(2-4-12)15-9-17(23)22(14-7-5-13(21)6-8-14)16-10-25-19(24)18(15)16/h1-8,15H,9-10H2. The number of esters is 1. The SMILES string of the molecule is O=C1OCC2=C1C(c1ccc(Cl)cc1)CC(=O)N2c1ccc(Cl)cc1. The van der Waals surface area contributed by atoms with E-state index in [2.05, 4.69) is 0 Å². The molecule has 4 nitrogen and oxygen atoms in total. The quantitative estimate of drug-likeness (QED) is 0.736. The molecular formula is C19H13Cl2NO3. The smallest absolute Gasteiger partial charge is 0.336 e. The maximum absolute atomic E-state index is 12.8. The van der Waals surface area contributed by atoms with Crippen LogP contribution in [0.5, 0.6) is 0 Å². The van der Waals surface area contributed by atoms with Crippen LogP contribution in [0.3, 0.4) is 0 Å². The molecule has 0 aromatic heterocycles. The van der Waals surface area contributed by atoms with Crippen molar-refractivity contribution in [1.29, 1.82) is 0 Å². The summed E-state index contributed by atoms with van der Waals surface area (Å²) in [7, 11) is 0. The summed E-state index contributed by atoms with van der Waals surface area (Å²) in [5.74, 6) is -0.779. The van der Waals surface area contributed by atoms with Gasteiger partial charge in [0.25, 0.3) is 0 Å². The summed E-state index contributed by atoms with van der Waals surface area (Å²) in [4.78, 5) is 26.7. The number of amides is 1. The molecule has 0 bridgehead atoms. The van der Waals surface area contributed by atoms with Crippen LogP contribution in [-0.2, 0) is 14.3 Å². The van der Waals surface area contributed by atoms with Crippen molar-refractivity contribution in [1.82, 2.24) is 0 Å². The van der Waals surface area contributed by atoms with Gasteiger partial charge in [-0.1, -0.05) is 35.3 Å². The van der Waals surface area contributed by atoms with Crippen LogP contribution in [0, 0.1) is 0 Å². The van der Waals surface area contributed by atoms with Crippen molar-refractivity contribution in [3.05, 3.63) is 75.4 Å². The molecule has 6 heteroatoms. The number of benzene rings is 2. The van der Waals surface area contributed by atoms with E-state index in [0.717, 1.165) is 5.56 Å². The highest BCUT2D eigenvalue weighted by Gasteiger charge is 2.42. The second-order valence-corrected chi connectivity index (χ2v) is 6.82. The molecule has 0 radical (unpaired) electrons. The van der Waals surface area contributed by atoms with Gasteiger partial charge < -0.3 is 4.74 Å². The molecule has 2 aliphatic heterocycles. The fourth-order valence-corrected chi connectivity index (χ4v) is 3.58. The Labute approximate surface area is 154 Å². The van der Waals surface area contributed by atoms with Crippen molar-refractivity contribution in [2.24, 2.45) is 0 Å². The van der Waals surface area contributed by atoms with Gasteiger partial charge in [0.2, 0.25) is 5.91 Å². The number of cyclic esters (lactones) is 1. The summed E-state index contributed by atoms with van der Waals surface area (Å²) in [6, 6.07) is 14.1. The number of carbonyl (C=O) groups is 2. The first kappa shape index (κ1) is 16.2. The van der Waals surface area contributed by atoms with Gasteiger partial charge in [0.15, 0.2) is 0 Å². The third-order valence-electron chi connectivity index (χ3n) is 4.47. The zero-order valence-corrected chi connectivity index (χ0v) is 14.6. The summed E-state index contributed by atoms with van der Waals surface area (Å²) in [6.45, 7) is 0.0899. The van der Waals surface area contributed by atoms with Gasteiger partial charge in [-0.3, -0.25) is 9.69 Å². The zero-order valence-electron chi connectivity index (χ0n) is 13.0. The third-order valence-corrected chi connectivity index (χ3v) is 4.98. The first-order valence-electron chi connectivity index (χ1n) is 7.79. The molecule has 2 aromatic carbocycles. The highest BCUT2D eigenvalue weighted by Crippen LogP contribution is 2.42. The Morgan fingerprint density at radius 2 is 1.52 bits per heavy atom. The Hall–Kier alpha value is -2.30. The highest BCUT2D eigenvalue weighted by molar-refractivity contribution is 6.31. The monoisotopic (exact) mass is 373 g/mol. The second-order valence-electron chi connectivity index (χ2n) is 5.95. The van der Waals surface area contributed by atoms with Crippen molar-refractivity contribution >= 4 is 40.8 Å². The lowest BCUT2D eigenvalue weighted by Gasteiger charge is -2.31. The molecule has 2 heterocycles. The van der Waals surface area contributed by atoms with E-state index in [1.165, 1.54) is 0 Å². The van der Waals surface area contributed by atoms with Crippen LogP contribution in [0.4, 0.5) is 5.69 Å². The molecule has 1 amide bonds. The molecule has 126 valence electrons. The van der Waals surface area contributed by atoms with E-state index in [1.54, 1.807) is 41.3 Å². The number of rotatable bonds is 2. The van der Waals surface area contributed by atoms with Crippen molar-refractivity contribution in [2.75, 3.05) is 11.5 Å².